The molecule has 2 aromatic rings. The molecule has 0 atom stereocenters. The Morgan fingerprint density at radius 1 is 1.36 bits per heavy atom. The highest BCUT2D eigenvalue weighted by molar-refractivity contribution is 5.79. The van der Waals surface area contributed by atoms with E-state index in [0.29, 0.717) is 19.8 Å². The van der Waals surface area contributed by atoms with Crippen molar-refractivity contribution in [2.45, 2.75) is 45.9 Å². The first-order valence-electron chi connectivity index (χ1n) is 8.54. The average Bonchev–Trinajstić information content (AvgIpc) is 2.76. The number of pyridine rings is 1. The van der Waals surface area contributed by atoms with Crippen LogP contribution in [0.5, 0.6) is 0 Å². The van der Waals surface area contributed by atoms with Crippen LogP contribution in [-0.2, 0) is 22.6 Å². The Hall–Kier alpha value is -2.18. The Morgan fingerprint density at radius 2 is 2.16 bits per heavy atom. The summed E-state index contributed by atoms with van der Waals surface area (Å²) in [5.41, 5.74) is 0.805. The Bertz CT molecular complexity index is 920. The quantitative estimate of drug-likeness (QED) is 0.854. The molecule has 0 saturated carbocycles. The van der Waals surface area contributed by atoms with Crippen molar-refractivity contribution in [3.05, 3.63) is 34.7 Å². The van der Waals surface area contributed by atoms with Gasteiger partial charge in [-0.25, -0.2) is 4.98 Å². The number of hydrogen-bond donors (Lipinski definition) is 1. The fourth-order valence-corrected chi connectivity index (χ4v) is 3.06. The van der Waals surface area contributed by atoms with Crippen LogP contribution in [-0.4, -0.2) is 39.0 Å². The van der Waals surface area contributed by atoms with Gasteiger partial charge in [0.15, 0.2) is 0 Å². The van der Waals surface area contributed by atoms with E-state index in [1.54, 1.807) is 27.2 Å². The largest absolute Gasteiger partial charge is 0.496 e. The molecule has 0 fully saturated rings. The molecule has 25 heavy (non-hydrogen) atoms. The molecular weight excluding hydrogens is 318 g/mol. The molecule has 0 aliphatic heterocycles. The highest BCUT2D eigenvalue weighted by atomic mass is 16.5. The van der Waals surface area contributed by atoms with E-state index >= 15 is 0 Å². The van der Waals surface area contributed by atoms with Crippen LogP contribution in [0.3, 0.4) is 0 Å². The number of aromatic nitrogens is 3. The van der Waals surface area contributed by atoms with Crippen LogP contribution < -0.4 is 10.6 Å². The van der Waals surface area contributed by atoms with Crippen LogP contribution in [0.25, 0.3) is 22.9 Å². The number of nitrogens with zero attached hydrogens (tertiary/aromatic N) is 3. The van der Waals surface area contributed by atoms with Crippen LogP contribution in [0.15, 0.2) is 18.3 Å². The molecule has 6 nitrogen and oxygen atoms in total. The lowest BCUT2D eigenvalue weighted by molar-refractivity contribution is 0.0581. The van der Waals surface area contributed by atoms with Gasteiger partial charge in [-0.3, -0.25) is 4.98 Å². The molecule has 0 saturated heterocycles. The van der Waals surface area contributed by atoms with Crippen LogP contribution >= 0.6 is 0 Å². The third-order valence-corrected chi connectivity index (χ3v) is 4.06. The van der Waals surface area contributed by atoms with Gasteiger partial charge >= 0.3 is 0 Å². The summed E-state index contributed by atoms with van der Waals surface area (Å²) >= 11 is 0. The van der Waals surface area contributed by atoms with Gasteiger partial charge in [0.2, 0.25) is 0 Å². The summed E-state index contributed by atoms with van der Waals surface area (Å²) in [6.07, 6.45) is 8.65. The monoisotopic (exact) mass is 343 g/mol. The fourth-order valence-electron chi connectivity index (χ4n) is 3.06. The predicted octanol–water partition coefficient (Wildman–Crippen LogP) is 1.23. The van der Waals surface area contributed by atoms with Gasteiger partial charge in [-0.15, -0.1) is 0 Å². The summed E-state index contributed by atoms with van der Waals surface area (Å²) in [7, 11) is 1.66. The van der Waals surface area contributed by atoms with Crippen LogP contribution in [0, 0.1) is 0 Å². The van der Waals surface area contributed by atoms with Crippen molar-refractivity contribution >= 4 is 22.9 Å². The summed E-state index contributed by atoms with van der Waals surface area (Å²) < 4.78 is 13.2. The van der Waals surface area contributed by atoms with Crippen LogP contribution in [0.2, 0.25) is 0 Å². The van der Waals surface area contributed by atoms with E-state index in [9.17, 15) is 5.11 Å². The first kappa shape index (κ1) is 17.6. The zero-order valence-corrected chi connectivity index (χ0v) is 15.2. The van der Waals surface area contributed by atoms with Gasteiger partial charge in [0, 0.05) is 6.61 Å². The highest BCUT2D eigenvalue weighted by Crippen LogP contribution is 2.17. The van der Waals surface area contributed by atoms with Gasteiger partial charge in [0.1, 0.15) is 23.7 Å². The number of ether oxygens (including phenoxy) is 2. The Morgan fingerprint density at radius 3 is 2.84 bits per heavy atom. The molecule has 1 aliphatic rings. The fraction of sp³-hybridized carbons (Fsp3) is 0.474. The predicted molar refractivity (Wildman–Crippen MR) is 97.0 cm³/mol. The molecular formula is C19H25N3O3. The molecule has 6 heteroatoms. The van der Waals surface area contributed by atoms with Gasteiger partial charge in [-0.05, 0) is 33.3 Å². The van der Waals surface area contributed by atoms with E-state index in [2.05, 4.69) is 11.1 Å². The standard InChI is InChI=1S/C19H25N3O3/c1-5-25-11-16-21-14-10-20-13-8-6-7-9-15(24-4)17(13)18(14)22(16)12-19(2,3)23/h7-10,23H,5-6,11-12H2,1-4H3. The molecule has 3 rings (SSSR count). The van der Waals surface area contributed by atoms with Crippen LogP contribution in [0.1, 0.15) is 33.0 Å². The third kappa shape index (κ3) is 3.60. The molecule has 0 amide bonds. The van der Waals surface area contributed by atoms with Crippen molar-refractivity contribution in [2.24, 2.45) is 0 Å². The zero-order valence-electron chi connectivity index (χ0n) is 15.2. The second kappa shape index (κ2) is 6.98. The second-order valence-electron chi connectivity index (χ2n) is 6.73. The number of rotatable bonds is 6. The number of fused-ring (bicyclic) bond motifs is 3. The number of hydrogen-bond acceptors (Lipinski definition) is 5. The minimum Gasteiger partial charge on any atom is -0.496 e. The van der Waals surface area contributed by atoms with Gasteiger partial charge in [-0.2, -0.15) is 0 Å². The van der Waals surface area contributed by atoms with Crippen molar-refractivity contribution in [3.8, 4) is 0 Å². The van der Waals surface area contributed by atoms with Gasteiger partial charge < -0.3 is 19.1 Å². The number of imidazole rings is 1. The topological polar surface area (TPSA) is 69.4 Å². The minimum absolute atomic E-state index is 0.387. The lowest BCUT2D eigenvalue weighted by atomic mass is 10.1. The summed E-state index contributed by atoms with van der Waals surface area (Å²) in [6.45, 7) is 6.92. The maximum absolute atomic E-state index is 10.4. The van der Waals surface area contributed by atoms with Crippen molar-refractivity contribution < 1.29 is 14.6 Å². The molecule has 0 bridgehead atoms. The van der Waals surface area contributed by atoms with Gasteiger partial charge in [0.05, 0.1) is 41.5 Å². The Kier molecular flexibility index (Phi) is 4.92. The molecule has 134 valence electrons. The van der Waals surface area contributed by atoms with E-state index in [4.69, 9.17) is 14.5 Å². The SMILES string of the molecule is CCOCc1nc2cnc3c(c2n1CC(C)(C)O)=C(OC)C=CCC=3. The van der Waals surface area contributed by atoms with Crippen molar-refractivity contribution in [1.29, 1.82) is 0 Å². The Balaban J connectivity index is 2.39. The molecule has 0 aromatic carbocycles. The minimum atomic E-state index is -0.887. The third-order valence-electron chi connectivity index (χ3n) is 4.06. The van der Waals surface area contributed by atoms with Gasteiger partial charge in [-0.1, -0.05) is 12.2 Å². The average molecular weight is 343 g/mol. The van der Waals surface area contributed by atoms with E-state index in [0.717, 1.165) is 39.6 Å². The van der Waals surface area contributed by atoms with Gasteiger partial charge in [0.25, 0.3) is 0 Å². The number of aliphatic hydroxyl groups is 1. The van der Waals surface area contributed by atoms with E-state index in [-0.39, 0.29) is 0 Å². The zero-order chi connectivity index (χ0) is 18.0. The molecule has 1 aliphatic carbocycles. The highest BCUT2D eigenvalue weighted by Gasteiger charge is 2.21. The van der Waals surface area contributed by atoms with E-state index in [1.807, 2.05) is 23.6 Å². The molecule has 1 N–H and O–H groups in total. The second-order valence-corrected chi connectivity index (χ2v) is 6.73. The van der Waals surface area contributed by atoms with Crippen molar-refractivity contribution in [2.75, 3.05) is 13.7 Å². The first-order chi connectivity index (χ1) is 11.9. The number of methoxy groups -OCH3 is 1. The summed E-state index contributed by atoms with van der Waals surface area (Å²) in [5.74, 6) is 1.53. The maximum Gasteiger partial charge on any atom is 0.136 e. The first-order valence-corrected chi connectivity index (χ1v) is 8.54. The molecule has 2 aromatic heterocycles. The lowest BCUT2D eigenvalue weighted by Crippen LogP contribution is -2.34. The molecule has 0 radical (unpaired) electrons. The Labute approximate surface area is 147 Å². The normalized spacial score (nSPS) is 14.4. The molecule has 2 heterocycles. The molecule has 0 unspecified atom stereocenters. The smallest absolute Gasteiger partial charge is 0.136 e. The van der Waals surface area contributed by atoms with Crippen molar-refractivity contribution in [3.63, 3.8) is 0 Å². The summed E-state index contributed by atoms with van der Waals surface area (Å²) in [4.78, 5) is 9.26. The lowest BCUT2D eigenvalue weighted by Gasteiger charge is -2.20. The number of allylic oxidation sites excluding steroid dienone is 1. The van der Waals surface area contributed by atoms with E-state index < -0.39 is 5.60 Å². The summed E-state index contributed by atoms with van der Waals surface area (Å²) in [6, 6.07) is 0. The van der Waals surface area contributed by atoms with Crippen LogP contribution in [0.4, 0.5) is 0 Å². The van der Waals surface area contributed by atoms with Crippen molar-refractivity contribution in [1.82, 2.24) is 14.5 Å². The van der Waals surface area contributed by atoms with E-state index in [1.165, 1.54) is 0 Å². The maximum atomic E-state index is 10.4. The molecule has 0 spiro atoms. The summed E-state index contributed by atoms with van der Waals surface area (Å²) in [5, 5.41) is 12.2.